The Bertz CT molecular complexity index is 267. The van der Waals surface area contributed by atoms with E-state index in [1.165, 1.54) is 0 Å². The van der Waals surface area contributed by atoms with E-state index in [1.807, 2.05) is 13.8 Å². The van der Waals surface area contributed by atoms with Gasteiger partial charge in [0.1, 0.15) is 0 Å². The van der Waals surface area contributed by atoms with Crippen molar-refractivity contribution in [1.29, 1.82) is 0 Å². The zero-order valence-electron chi connectivity index (χ0n) is 11.3. The van der Waals surface area contributed by atoms with Gasteiger partial charge in [0.2, 0.25) is 5.91 Å². The molecule has 0 saturated carbocycles. The highest BCUT2D eigenvalue weighted by Gasteiger charge is 2.24. The van der Waals surface area contributed by atoms with Crippen LogP contribution in [0, 0.1) is 5.92 Å². The Morgan fingerprint density at radius 1 is 1.28 bits per heavy atom. The molecule has 0 bridgehead atoms. The first-order valence-electron chi connectivity index (χ1n) is 6.35. The van der Waals surface area contributed by atoms with Crippen molar-refractivity contribution >= 4 is 11.9 Å². The molecule has 0 aromatic heterocycles. The summed E-state index contributed by atoms with van der Waals surface area (Å²) in [5.74, 6) is -1.26. The van der Waals surface area contributed by atoms with Crippen molar-refractivity contribution in [3.63, 3.8) is 0 Å². The lowest BCUT2D eigenvalue weighted by Gasteiger charge is -2.21. The third kappa shape index (κ3) is 5.46. The van der Waals surface area contributed by atoms with E-state index in [0.717, 1.165) is 12.8 Å². The van der Waals surface area contributed by atoms with Crippen molar-refractivity contribution in [1.82, 2.24) is 5.32 Å². The number of carbonyl (C=O) groups is 2. The number of hydrogen-bond acceptors (Lipinski definition) is 5. The molecule has 6 nitrogen and oxygen atoms in total. The molecular weight excluding hydrogens is 236 g/mol. The highest BCUT2D eigenvalue weighted by molar-refractivity contribution is 6.01. The highest BCUT2D eigenvalue weighted by Crippen LogP contribution is 2.12. The molecule has 0 radical (unpaired) electrons. The first-order valence-corrected chi connectivity index (χ1v) is 6.35. The van der Waals surface area contributed by atoms with E-state index in [2.05, 4.69) is 10.1 Å². The fourth-order valence-corrected chi connectivity index (χ4v) is 1.65. The maximum absolute atomic E-state index is 11.5. The molecule has 2 unspecified atom stereocenters. The van der Waals surface area contributed by atoms with E-state index in [-0.39, 0.29) is 19.1 Å². The number of rotatable bonds is 8. The standard InChI is InChI=1S/C12H24N2O4/c1-4-8(5-2)9(15)7-14-11(16)10(13)12(17)18-6-3/h8-10,15H,4-7,13H2,1-3H3,(H,14,16). The van der Waals surface area contributed by atoms with Gasteiger partial charge in [-0.3, -0.25) is 4.79 Å². The minimum absolute atomic E-state index is 0.0955. The molecule has 18 heavy (non-hydrogen) atoms. The van der Waals surface area contributed by atoms with E-state index < -0.39 is 24.0 Å². The second-order valence-electron chi connectivity index (χ2n) is 4.12. The third-order valence-electron chi connectivity index (χ3n) is 2.90. The first kappa shape index (κ1) is 16.9. The fraction of sp³-hybridized carbons (Fsp3) is 0.833. The van der Waals surface area contributed by atoms with Crippen molar-refractivity contribution < 1.29 is 19.4 Å². The summed E-state index contributed by atoms with van der Waals surface area (Å²) >= 11 is 0. The summed E-state index contributed by atoms with van der Waals surface area (Å²) in [6, 6.07) is -1.33. The van der Waals surface area contributed by atoms with Crippen molar-refractivity contribution in [2.45, 2.75) is 45.8 Å². The third-order valence-corrected chi connectivity index (χ3v) is 2.90. The summed E-state index contributed by atoms with van der Waals surface area (Å²) in [5, 5.41) is 12.3. The number of ether oxygens (including phenoxy) is 1. The summed E-state index contributed by atoms with van der Waals surface area (Å²) in [4.78, 5) is 22.7. The summed E-state index contributed by atoms with van der Waals surface area (Å²) in [7, 11) is 0. The van der Waals surface area contributed by atoms with E-state index in [4.69, 9.17) is 5.73 Å². The van der Waals surface area contributed by atoms with Crippen LogP contribution in [0.3, 0.4) is 0 Å². The lowest BCUT2D eigenvalue weighted by atomic mass is 9.96. The highest BCUT2D eigenvalue weighted by atomic mass is 16.5. The van der Waals surface area contributed by atoms with Crippen LogP contribution in [0.1, 0.15) is 33.6 Å². The Labute approximate surface area is 108 Å². The van der Waals surface area contributed by atoms with Gasteiger partial charge < -0.3 is 20.9 Å². The van der Waals surface area contributed by atoms with Crippen LogP contribution in [0.5, 0.6) is 0 Å². The number of esters is 1. The molecule has 106 valence electrons. The van der Waals surface area contributed by atoms with Crippen LogP contribution in [0.15, 0.2) is 0 Å². The van der Waals surface area contributed by atoms with Crippen molar-refractivity contribution in [2.24, 2.45) is 11.7 Å². The molecule has 2 atom stereocenters. The zero-order valence-corrected chi connectivity index (χ0v) is 11.3. The van der Waals surface area contributed by atoms with Gasteiger partial charge in [0.25, 0.3) is 0 Å². The van der Waals surface area contributed by atoms with E-state index in [0.29, 0.717) is 0 Å². The van der Waals surface area contributed by atoms with Crippen LogP contribution in [0.2, 0.25) is 0 Å². The minimum atomic E-state index is -1.33. The Kier molecular flexibility index (Phi) is 8.32. The van der Waals surface area contributed by atoms with Gasteiger partial charge in [-0.15, -0.1) is 0 Å². The smallest absolute Gasteiger partial charge is 0.332 e. The van der Waals surface area contributed by atoms with Crippen LogP contribution < -0.4 is 11.1 Å². The van der Waals surface area contributed by atoms with Gasteiger partial charge in [0.05, 0.1) is 12.7 Å². The zero-order chi connectivity index (χ0) is 14.1. The van der Waals surface area contributed by atoms with Crippen LogP contribution in [0.25, 0.3) is 0 Å². The van der Waals surface area contributed by atoms with Crippen LogP contribution >= 0.6 is 0 Å². The van der Waals surface area contributed by atoms with Gasteiger partial charge in [0.15, 0.2) is 6.04 Å². The molecule has 0 fully saturated rings. The number of nitrogens with one attached hydrogen (secondary N) is 1. The van der Waals surface area contributed by atoms with Crippen molar-refractivity contribution in [3.8, 4) is 0 Å². The summed E-state index contributed by atoms with van der Waals surface area (Å²) in [6.07, 6.45) is 1.04. The van der Waals surface area contributed by atoms with Gasteiger partial charge in [-0.2, -0.15) is 0 Å². The molecule has 0 rings (SSSR count). The molecule has 0 aromatic carbocycles. The summed E-state index contributed by atoms with van der Waals surface area (Å²) in [6.45, 7) is 5.86. The maximum Gasteiger partial charge on any atom is 0.332 e. The normalized spacial score (nSPS) is 14.1. The number of hydrogen-bond donors (Lipinski definition) is 3. The van der Waals surface area contributed by atoms with Crippen molar-refractivity contribution in [2.75, 3.05) is 13.2 Å². The molecule has 0 aliphatic carbocycles. The first-order chi connectivity index (χ1) is 8.47. The topological polar surface area (TPSA) is 102 Å². The lowest BCUT2D eigenvalue weighted by Crippen LogP contribution is -2.49. The molecule has 6 heteroatoms. The molecule has 0 aromatic rings. The minimum Gasteiger partial charge on any atom is -0.464 e. The number of nitrogens with two attached hydrogens (primary N) is 1. The number of aliphatic hydroxyl groups is 1. The van der Waals surface area contributed by atoms with Gasteiger partial charge in [-0.1, -0.05) is 26.7 Å². The molecule has 0 heterocycles. The molecule has 0 aliphatic heterocycles. The SMILES string of the molecule is CCOC(=O)C(N)C(=O)NCC(O)C(CC)CC. The van der Waals surface area contributed by atoms with Crippen LogP contribution in [-0.4, -0.2) is 42.3 Å². The summed E-state index contributed by atoms with van der Waals surface area (Å²) < 4.78 is 4.63. The molecular formula is C12H24N2O4. The predicted octanol–water partition coefficient (Wildman–Crippen LogP) is -0.210. The predicted molar refractivity (Wildman–Crippen MR) is 67.7 cm³/mol. The number of carbonyl (C=O) groups excluding carboxylic acids is 2. The largest absolute Gasteiger partial charge is 0.464 e. The van der Waals surface area contributed by atoms with E-state index in [9.17, 15) is 14.7 Å². The van der Waals surface area contributed by atoms with E-state index in [1.54, 1.807) is 6.92 Å². The van der Waals surface area contributed by atoms with Gasteiger partial charge >= 0.3 is 5.97 Å². The molecule has 4 N–H and O–H groups in total. The Balaban J connectivity index is 4.13. The van der Waals surface area contributed by atoms with Gasteiger partial charge in [-0.05, 0) is 12.8 Å². The Hall–Kier alpha value is -1.14. The number of aliphatic hydroxyl groups excluding tert-OH is 1. The van der Waals surface area contributed by atoms with Crippen molar-refractivity contribution in [3.05, 3.63) is 0 Å². The molecule has 0 spiro atoms. The van der Waals surface area contributed by atoms with Crippen LogP contribution in [-0.2, 0) is 14.3 Å². The van der Waals surface area contributed by atoms with Gasteiger partial charge in [-0.25, -0.2) is 4.79 Å². The fourth-order valence-electron chi connectivity index (χ4n) is 1.65. The maximum atomic E-state index is 11.5. The number of amides is 1. The monoisotopic (exact) mass is 260 g/mol. The lowest BCUT2D eigenvalue weighted by molar-refractivity contribution is -0.148. The molecule has 1 amide bonds. The second-order valence-corrected chi connectivity index (χ2v) is 4.12. The molecule has 0 saturated heterocycles. The quantitative estimate of drug-likeness (QED) is 0.414. The Morgan fingerprint density at radius 3 is 2.28 bits per heavy atom. The second kappa shape index (κ2) is 8.88. The van der Waals surface area contributed by atoms with Gasteiger partial charge in [0, 0.05) is 6.54 Å². The molecule has 0 aliphatic rings. The Morgan fingerprint density at radius 2 is 1.83 bits per heavy atom. The average Bonchev–Trinajstić information content (AvgIpc) is 2.36. The van der Waals surface area contributed by atoms with E-state index >= 15 is 0 Å². The summed E-state index contributed by atoms with van der Waals surface area (Å²) in [5.41, 5.74) is 5.41. The average molecular weight is 260 g/mol. The van der Waals surface area contributed by atoms with Crippen LogP contribution in [0.4, 0.5) is 0 Å².